The molecule has 1 heterocycles. The van der Waals surface area contributed by atoms with Crippen LogP contribution in [0.4, 0.5) is 4.79 Å². The van der Waals surface area contributed by atoms with E-state index in [0.717, 1.165) is 0 Å². The molecule has 76 valence electrons. The quantitative estimate of drug-likeness (QED) is 0.405. The van der Waals surface area contributed by atoms with Crippen LogP contribution in [0.5, 0.6) is 0 Å². The fourth-order valence-electron chi connectivity index (χ4n) is 1.09. The first kappa shape index (κ1) is 10.2. The van der Waals surface area contributed by atoms with E-state index in [4.69, 9.17) is 0 Å². The van der Waals surface area contributed by atoms with Crippen LogP contribution in [0.2, 0.25) is 0 Å². The van der Waals surface area contributed by atoms with E-state index in [1.165, 1.54) is 14.0 Å². The van der Waals surface area contributed by atoms with E-state index in [1.807, 2.05) is 0 Å². The Morgan fingerprint density at radius 2 is 2.00 bits per heavy atom. The van der Waals surface area contributed by atoms with Crippen LogP contribution in [-0.2, 0) is 14.4 Å². The lowest BCUT2D eigenvalue weighted by Crippen LogP contribution is -2.47. The summed E-state index contributed by atoms with van der Waals surface area (Å²) in [5.74, 6) is -2.53. The van der Waals surface area contributed by atoms with Gasteiger partial charge in [0.15, 0.2) is 0 Å². The summed E-state index contributed by atoms with van der Waals surface area (Å²) < 4.78 is 0. The highest BCUT2D eigenvalue weighted by Crippen LogP contribution is 2.06. The zero-order valence-electron chi connectivity index (χ0n) is 7.66. The SMILES string of the molecule is CNC(=O)C(C)N1C(=O)NC(=O)C1=O. The molecule has 0 bridgehead atoms. The lowest BCUT2D eigenvalue weighted by Gasteiger charge is -2.18. The Bertz CT molecular complexity index is 325. The third-order valence-corrected chi connectivity index (χ3v) is 1.87. The number of hydrogen-bond donors (Lipinski definition) is 2. The predicted octanol–water partition coefficient (Wildman–Crippen LogP) is -1.80. The van der Waals surface area contributed by atoms with Crippen molar-refractivity contribution in [2.75, 3.05) is 7.05 Å². The molecule has 0 aromatic rings. The highest BCUT2D eigenvalue weighted by Gasteiger charge is 2.41. The maximum Gasteiger partial charge on any atom is 0.332 e. The van der Waals surface area contributed by atoms with Crippen molar-refractivity contribution in [3.63, 3.8) is 0 Å². The molecule has 1 aliphatic rings. The topological polar surface area (TPSA) is 95.6 Å². The van der Waals surface area contributed by atoms with Gasteiger partial charge in [0.2, 0.25) is 5.91 Å². The summed E-state index contributed by atoms with van der Waals surface area (Å²) in [6, 6.07) is -1.85. The monoisotopic (exact) mass is 199 g/mol. The van der Waals surface area contributed by atoms with Crippen LogP contribution in [0.3, 0.4) is 0 Å². The van der Waals surface area contributed by atoms with E-state index < -0.39 is 29.8 Å². The third kappa shape index (κ3) is 1.43. The lowest BCUT2D eigenvalue weighted by atomic mass is 10.3. The first-order chi connectivity index (χ1) is 6.49. The van der Waals surface area contributed by atoms with Crippen LogP contribution < -0.4 is 10.6 Å². The summed E-state index contributed by atoms with van der Waals surface area (Å²) in [5.41, 5.74) is 0. The van der Waals surface area contributed by atoms with E-state index in [-0.39, 0.29) is 0 Å². The molecule has 1 unspecified atom stereocenters. The van der Waals surface area contributed by atoms with E-state index >= 15 is 0 Å². The molecule has 0 aromatic carbocycles. The number of rotatable bonds is 2. The summed E-state index contributed by atoms with van der Waals surface area (Å²) in [6.07, 6.45) is 0. The van der Waals surface area contributed by atoms with Crippen molar-refractivity contribution in [2.24, 2.45) is 0 Å². The number of amides is 5. The van der Waals surface area contributed by atoms with Crippen LogP contribution in [-0.4, -0.2) is 41.7 Å². The van der Waals surface area contributed by atoms with Gasteiger partial charge in [-0.3, -0.25) is 19.7 Å². The van der Waals surface area contributed by atoms with Gasteiger partial charge < -0.3 is 5.32 Å². The van der Waals surface area contributed by atoms with Crippen LogP contribution >= 0.6 is 0 Å². The van der Waals surface area contributed by atoms with E-state index in [2.05, 4.69) is 5.32 Å². The van der Waals surface area contributed by atoms with Crippen molar-refractivity contribution in [2.45, 2.75) is 13.0 Å². The molecular formula is C7H9N3O4. The van der Waals surface area contributed by atoms with E-state index in [0.29, 0.717) is 4.90 Å². The second kappa shape index (κ2) is 3.44. The Morgan fingerprint density at radius 3 is 2.36 bits per heavy atom. The lowest BCUT2D eigenvalue weighted by molar-refractivity contribution is -0.142. The number of imide groups is 2. The maximum absolute atomic E-state index is 11.1. The second-order valence-corrected chi connectivity index (χ2v) is 2.72. The molecule has 7 nitrogen and oxygen atoms in total. The second-order valence-electron chi connectivity index (χ2n) is 2.72. The number of nitrogens with one attached hydrogen (secondary N) is 2. The fraction of sp³-hybridized carbons (Fsp3) is 0.429. The minimum atomic E-state index is -1.01. The summed E-state index contributed by atoms with van der Waals surface area (Å²) in [5, 5.41) is 4.07. The molecule has 1 aliphatic heterocycles. The van der Waals surface area contributed by atoms with Crippen molar-refractivity contribution < 1.29 is 19.2 Å². The van der Waals surface area contributed by atoms with Crippen LogP contribution in [0.25, 0.3) is 0 Å². The molecule has 7 heteroatoms. The Balaban J connectivity index is 2.87. The molecule has 1 fully saturated rings. The Hall–Kier alpha value is -1.92. The molecular weight excluding hydrogens is 190 g/mol. The number of likely N-dealkylation sites (N-methyl/N-ethyl adjacent to an activating group) is 1. The summed E-state index contributed by atoms with van der Waals surface area (Å²) >= 11 is 0. The standard InChI is InChI=1S/C7H9N3O4/c1-3(4(11)8-2)10-6(13)5(12)9-7(10)14/h3H,1-2H3,(H,8,11)(H,9,12,14). The molecule has 0 saturated carbocycles. The van der Waals surface area contributed by atoms with Gasteiger partial charge >= 0.3 is 17.8 Å². The Labute approximate surface area is 79.4 Å². The van der Waals surface area contributed by atoms with Crippen LogP contribution in [0.15, 0.2) is 0 Å². The summed E-state index contributed by atoms with van der Waals surface area (Å²) in [4.78, 5) is 44.6. The highest BCUT2D eigenvalue weighted by molar-refractivity contribution is 6.45. The predicted molar refractivity (Wildman–Crippen MR) is 43.9 cm³/mol. The van der Waals surface area contributed by atoms with Crippen LogP contribution in [0.1, 0.15) is 6.92 Å². The van der Waals surface area contributed by atoms with Gasteiger partial charge in [-0.2, -0.15) is 0 Å². The average molecular weight is 199 g/mol. The zero-order valence-corrected chi connectivity index (χ0v) is 7.66. The zero-order chi connectivity index (χ0) is 10.9. The fourth-order valence-corrected chi connectivity index (χ4v) is 1.09. The van der Waals surface area contributed by atoms with E-state index in [1.54, 1.807) is 5.32 Å². The minimum absolute atomic E-state index is 0.511. The molecule has 5 amide bonds. The minimum Gasteiger partial charge on any atom is -0.357 e. The van der Waals surface area contributed by atoms with Gasteiger partial charge in [0.1, 0.15) is 6.04 Å². The Kier molecular flexibility index (Phi) is 2.50. The number of carbonyl (C=O) groups is 4. The normalized spacial score (nSPS) is 18.1. The van der Waals surface area contributed by atoms with Crippen molar-refractivity contribution in [1.29, 1.82) is 0 Å². The molecule has 0 spiro atoms. The molecule has 2 N–H and O–H groups in total. The molecule has 0 radical (unpaired) electrons. The molecule has 1 rings (SSSR count). The molecule has 0 aromatic heterocycles. The van der Waals surface area contributed by atoms with Gasteiger partial charge in [0, 0.05) is 7.05 Å². The van der Waals surface area contributed by atoms with Crippen molar-refractivity contribution in [1.82, 2.24) is 15.5 Å². The van der Waals surface area contributed by atoms with Gasteiger partial charge in [0.25, 0.3) is 0 Å². The van der Waals surface area contributed by atoms with Gasteiger partial charge in [0.05, 0.1) is 0 Å². The van der Waals surface area contributed by atoms with Gasteiger partial charge in [-0.15, -0.1) is 0 Å². The van der Waals surface area contributed by atoms with E-state index in [9.17, 15) is 19.2 Å². The molecule has 1 saturated heterocycles. The highest BCUT2D eigenvalue weighted by atomic mass is 16.2. The first-order valence-corrected chi connectivity index (χ1v) is 3.89. The number of carbonyl (C=O) groups excluding carboxylic acids is 4. The van der Waals surface area contributed by atoms with Gasteiger partial charge in [-0.25, -0.2) is 9.69 Å². The van der Waals surface area contributed by atoms with Crippen molar-refractivity contribution in [3.8, 4) is 0 Å². The van der Waals surface area contributed by atoms with Gasteiger partial charge in [-0.05, 0) is 6.92 Å². The summed E-state index contributed by atoms with van der Waals surface area (Å²) in [7, 11) is 1.37. The number of nitrogens with zero attached hydrogens (tertiary/aromatic N) is 1. The average Bonchev–Trinajstić information content (AvgIpc) is 2.39. The van der Waals surface area contributed by atoms with Crippen LogP contribution in [0, 0.1) is 0 Å². The largest absolute Gasteiger partial charge is 0.357 e. The van der Waals surface area contributed by atoms with Gasteiger partial charge in [-0.1, -0.05) is 0 Å². The third-order valence-electron chi connectivity index (χ3n) is 1.87. The smallest absolute Gasteiger partial charge is 0.332 e. The number of hydrogen-bond acceptors (Lipinski definition) is 4. The Morgan fingerprint density at radius 1 is 1.43 bits per heavy atom. The number of urea groups is 1. The van der Waals surface area contributed by atoms with Crippen molar-refractivity contribution >= 4 is 23.8 Å². The first-order valence-electron chi connectivity index (χ1n) is 3.89. The molecule has 0 aliphatic carbocycles. The maximum atomic E-state index is 11.1. The molecule has 1 atom stereocenters. The molecule has 14 heavy (non-hydrogen) atoms. The summed E-state index contributed by atoms with van der Waals surface area (Å²) in [6.45, 7) is 1.36. The van der Waals surface area contributed by atoms with Crippen molar-refractivity contribution in [3.05, 3.63) is 0 Å².